The Bertz CT molecular complexity index is 405. The van der Waals surface area contributed by atoms with E-state index in [1.165, 1.54) is 32.1 Å². The molecule has 1 aliphatic carbocycles. The summed E-state index contributed by atoms with van der Waals surface area (Å²) in [6.45, 7) is 1.86. The molecule has 0 bridgehead atoms. The van der Waals surface area contributed by atoms with Crippen molar-refractivity contribution in [3.8, 4) is 11.5 Å². The summed E-state index contributed by atoms with van der Waals surface area (Å²) in [4.78, 5) is 0. The number of nitrogens with one attached hydrogen (secondary N) is 1. The van der Waals surface area contributed by atoms with Gasteiger partial charge < -0.3 is 19.9 Å². The van der Waals surface area contributed by atoms with Gasteiger partial charge >= 0.3 is 0 Å². The van der Waals surface area contributed by atoms with Gasteiger partial charge in [0, 0.05) is 12.6 Å². The summed E-state index contributed by atoms with van der Waals surface area (Å²) in [6.07, 6.45) is 6.28. The lowest BCUT2D eigenvalue weighted by molar-refractivity contribution is 0.106. The molecule has 1 atom stereocenters. The van der Waals surface area contributed by atoms with Crippen molar-refractivity contribution in [3.63, 3.8) is 0 Å². The van der Waals surface area contributed by atoms with E-state index in [1.54, 1.807) is 7.11 Å². The van der Waals surface area contributed by atoms with Crippen molar-refractivity contribution in [2.24, 2.45) is 5.92 Å². The lowest BCUT2D eigenvalue weighted by Crippen LogP contribution is -2.32. The van der Waals surface area contributed by atoms with Gasteiger partial charge in [0.25, 0.3) is 0 Å². The fraction of sp³-hybridized carbons (Fsp3) is 0.647. The third kappa shape index (κ3) is 5.94. The third-order valence-electron chi connectivity index (χ3n) is 4.07. The maximum absolute atomic E-state index is 9.91. The number of benzene rings is 1. The summed E-state index contributed by atoms with van der Waals surface area (Å²) in [5.74, 6) is 2.37. The molecule has 1 fully saturated rings. The van der Waals surface area contributed by atoms with Crippen LogP contribution in [0.4, 0.5) is 0 Å². The first-order valence-corrected chi connectivity index (χ1v) is 7.93. The molecule has 0 aromatic heterocycles. The summed E-state index contributed by atoms with van der Waals surface area (Å²) in [7, 11) is 1.63. The van der Waals surface area contributed by atoms with Crippen LogP contribution in [0.2, 0.25) is 0 Å². The van der Waals surface area contributed by atoms with Crippen molar-refractivity contribution in [1.29, 1.82) is 0 Å². The fourth-order valence-corrected chi connectivity index (χ4v) is 2.82. The van der Waals surface area contributed by atoms with Crippen molar-refractivity contribution < 1.29 is 14.6 Å². The molecular weight excluding hydrogens is 266 g/mol. The molecule has 0 aliphatic heterocycles. The molecule has 4 heteroatoms. The Hall–Kier alpha value is -1.26. The second kappa shape index (κ2) is 8.90. The molecule has 0 spiro atoms. The number of ether oxygens (including phenoxy) is 2. The topological polar surface area (TPSA) is 50.7 Å². The molecule has 1 unspecified atom stereocenters. The summed E-state index contributed by atoms with van der Waals surface area (Å²) >= 11 is 0. The molecule has 1 saturated carbocycles. The minimum Gasteiger partial charge on any atom is -0.497 e. The zero-order valence-corrected chi connectivity index (χ0v) is 12.9. The van der Waals surface area contributed by atoms with Crippen molar-refractivity contribution in [2.45, 2.75) is 38.2 Å². The first-order chi connectivity index (χ1) is 10.3. The molecule has 0 amide bonds. The Morgan fingerprint density at radius 1 is 1.29 bits per heavy atom. The molecule has 0 radical (unpaired) electrons. The van der Waals surface area contributed by atoms with E-state index in [9.17, 15) is 5.11 Å². The lowest BCUT2D eigenvalue weighted by Gasteiger charge is -2.15. The average molecular weight is 293 g/mol. The normalized spacial score (nSPS) is 16.9. The van der Waals surface area contributed by atoms with Crippen LogP contribution in [0, 0.1) is 5.92 Å². The number of rotatable bonds is 9. The predicted octanol–water partition coefficient (Wildman–Crippen LogP) is 2.60. The van der Waals surface area contributed by atoms with Gasteiger partial charge in [-0.2, -0.15) is 0 Å². The molecule has 21 heavy (non-hydrogen) atoms. The molecular formula is C17H27NO3. The monoisotopic (exact) mass is 293 g/mol. The van der Waals surface area contributed by atoms with Crippen LogP contribution >= 0.6 is 0 Å². The number of hydrogen-bond donors (Lipinski definition) is 2. The average Bonchev–Trinajstić information content (AvgIpc) is 3.03. The minimum absolute atomic E-state index is 0.295. The zero-order chi connectivity index (χ0) is 14.9. The van der Waals surface area contributed by atoms with Gasteiger partial charge in [-0.15, -0.1) is 0 Å². The Balaban J connectivity index is 1.57. The van der Waals surface area contributed by atoms with Crippen molar-refractivity contribution in [3.05, 3.63) is 24.3 Å². The molecule has 1 aliphatic rings. The Morgan fingerprint density at radius 3 is 2.81 bits per heavy atom. The quantitative estimate of drug-likeness (QED) is 0.687. The third-order valence-corrected chi connectivity index (χ3v) is 4.07. The van der Waals surface area contributed by atoms with Gasteiger partial charge in [0.05, 0.1) is 7.11 Å². The predicted molar refractivity (Wildman–Crippen MR) is 83.9 cm³/mol. The van der Waals surface area contributed by atoms with E-state index < -0.39 is 6.10 Å². The van der Waals surface area contributed by atoms with Crippen LogP contribution in [0.3, 0.4) is 0 Å². The second-order valence-corrected chi connectivity index (χ2v) is 5.79. The highest BCUT2D eigenvalue weighted by atomic mass is 16.5. The van der Waals surface area contributed by atoms with E-state index in [0.717, 1.165) is 24.0 Å². The van der Waals surface area contributed by atoms with Crippen molar-refractivity contribution in [1.82, 2.24) is 5.32 Å². The van der Waals surface area contributed by atoms with Crippen LogP contribution in [0.15, 0.2) is 24.3 Å². The van der Waals surface area contributed by atoms with E-state index in [1.807, 2.05) is 24.3 Å². The summed E-state index contributed by atoms with van der Waals surface area (Å²) in [5.41, 5.74) is 0. The number of hydrogen-bond acceptors (Lipinski definition) is 4. The maximum Gasteiger partial charge on any atom is 0.123 e. The molecule has 1 aromatic rings. The van der Waals surface area contributed by atoms with Gasteiger partial charge in [0.2, 0.25) is 0 Å². The van der Waals surface area contributed by atoms with Crippen LogP contribution < -0.4 is 14.8 Å². The largest absolute Gasteiger partial charge is 0.497 e. The standard InChI is InChI=1S/C17H27NO3/c1-20-16-7-4-8-17(11-16)21-13-15(19)12-18-10-9-14-5-2-3-6-14/h4,7-8,11,14-15,18-19H,2-3,5-6,9-10,12-13H2,1H3. The highest BCUT2D eigenvalue weighted by molar-refractivity contribution is 5.32. The molecule has 4 nitrogen and oxygen atoms in total. The van der Waals surface area contributed by atoms with Gasteiger partial charge in [0.1, 0.15) is 24.2 Å². The molecule has 0 saturated heterocycles. The van der Waals surface area contributed by atoms with E-state index in [0.29, 0.717) is 13.2 Å². The summed E-state index contributed by atoms with van der Waals surface area (Å²) in [6, 6.07) is 7.43. The van der Waals surface area contributed by atoms with Crippen molar-refractivity contribution in [2.75, 3.05) is 26.8 Å². The minimum atomic E-state index is -0.486. The lowest BCUT2D eigenvalue weighted by atomic mass is 10.0. The van der Waals surface area contributed by atoms with Crippen LogP contribution in [0.1, 0.15) is 32.1 Å². The highest BCUT2D eigenvalue weighted by Gasteiger charge is 2.14. The van der Waals surface area contributed by atoms with Gasteiger partial charge in [-0.1, -0.05) is 31.7 Å². The van der Waals surface area contributed by atoms with Gasteiger partial charge in [-0.25, -0.2) is 0 Å². The van der Waals surface area contributed by atoms with E-state index in [-0.39, 0.29) is 0 Å². The van der Waals surface area contributed by atoms with E-state index in [4.69, 9.17) is 9.47 Å². The maximum atomic E-state index is 9.91. The van der Waals surface area contributed by atoms with Gasteiger partial charge in [-0.05, 0) is 31.0 Å². The first kappa shape index (κ1) is 16.1. The van der Waals surface area contributed by atoms with Gasteiger partial charge in [0.15, 0.2) is 0 Å². The van der Waals surface area contributed by atoms with Gasteiger partial charge in [-0.3, -0.25) is 0 Å². The van der Waals surface area contributed by atoms with Crippen LogP contribution in [0.25, 0.3) is 0 Å². The molecule has 2 rings (SSSR count). The number of aliphatic hydroxyl groups excluding tert-OH is 1. The summed E-state index contributed by atoms with van der Waals surface area (Å²) in [5, 5.41) is 13.2. The Morgan fingerprint density at radius 2 is 2.05 bits per heavy atom. The van der Waals surface area contributed by atoms with Crippen LogP contribution in [0.5, 0.6) is 11.5 Å². The molecule has 118 valence electrons. The first-order valence-electron chi connectivity index (χ1n) is 7.93. The Labute approximate surface area is 127 Å². The summed E-state index contributed by atoms with van der Waals surface area (Å²) < 4.78 is 10.7. The molecule has 2 N–H and O–H groups in total. The smallest absolute Gasteiger partial charge is 0.123 e. The van der Waals surface area contributed by atoms with Crippen LogP contribution in [-0.2, 0) is 0 Å². The number of methoxy groups -OCH3 is 1. The second-order valence-electron chi connectivity index (χ2n) is 5.79. The zero-order valence-electron chi connectivity index (χ0n) is 12.9. The fourth-order valence-electron chi connectivity index (χ4n) is 2.82. The van der Waals surface area contributed by atoms with E-state index >= 15 is 0 Å². The Kier molecular flexibility index (Phi) is 6.83. The van der Waals surface area contributed by atoms with E-state index in [2.05, 4.69) is 5.32 Å². The number of aliphatic hydroxyl groups is 1. The SMILES string of the molecule is COc1cccc(OCC(O)CNCCC2CCCC2)c1. The van der Waals surface area contributed by atoms with Crippen molar-refractivity contribution >= 4 is 0 Å². The molecule has 1 aromatic carbocycles. The highest BCUT2D eigenvalue weighted by Crippen LogP contribution is 2.26. The molecule has 0 heterocycles. The van der Waals surface area contributed by atoms with Crippen LogP contribution in [-0.4, -0.2) is 38.0 Å².